The highest BCUT2D eigenvalue weighted by molar-refractivity contribution is 5.77. The second-order valence-electron chi connectivity index (χ2n) is 6.71. The minimum Gasteiger partial charge on any atom is -0.480 e. The van der Waals surface area contributed by atoms with Crippen molar-refractivity contribution in [1.29, 1.82) is 0 Å². The van der Waals surface area contributed by atoms with Gasteiger partial charge >= 0.3 is 11.9 Å². The largest absolute Gasteiger partial charge is 0.480 e. The molecule has 0 bridgehead atoms. The van der Waals surface area contributed by atoms with Gasteiger partial charge in [0, 0.05) is 12.4 Å². The van der Waals surface area contributed by atoms with E-state index in [1.165, 1.54) is 0 Å². The van der Waals surface area contributed by atoms with Crippen molar-refractivity contribution in [3.05, 3.63) is 54.4 Å². The van der Waals surface area contributed by atoms with Crippen LogP contribution in [-0.4, -0.2) is 39.2 Å². The predicted molar refractivity (Wildman–Crippen MR) is 98.8 cm³/mol. The Hall–Kier alpha value is -2.73. The molecule has 6 nitrogen and oxygen atoms in total. The van der Waals surface area contributed by atoms with Gasteiger partial charge in [0.2, 0.25) is 0 Å². The molecule has 2 rings (SSSR count). The lowest BCUT2D eigenvalue weighted by Crippen LogP contribution is -2.48. The van der Waals surface area contributed by atoms with Crippen molar-refractivity contribution in [1.82, 2.24) is 10.3 Å². The Bertz CT molecular complexity index is 729. The first kappa shape index (κ1) is 19.6. The molecule has 1 aromatic heterocycles. The molecule has 1 unspecified atom stereocenters. The summed E-state index contributed by atoms with van der Waals surface area (Å²) in [7, 11) is 0. The van der Waals surface area contributed by atoms with E-state index in [1.807, 2.05) is 50.2 Å². The number of hydrogen-bond donors (Lipinski definition) is 3. The van der Waals surface area contributed by atoms with Crippen molar-refractivity contribution in [2.75, 3.05) is 0 Å². The monoisotopic (exact) mass is 356 g/mol. The highest BCUT2D eigenvalue weighted by Gasteiger charge is 2.26. The third-order valence-electron chi connectivity index (χ3n) is 4.11. The molecule has 0 saturated carbocycles. The van der Waals surface area contributed by atoms with Crippen molar-refractivity contribution < 1.29 is 19.8 Å². The fraction of sp³-hybridized carbons (Fsp3) is 0.350. The van der Waals surface area contributed by atoms with Gasteiger partial charge in [0.05, 0.1) is 0 Å². The van der Waals surface area contributed by atoms with Gasteiger partial charge in [-0.3, -0.25) is 19.9 Å². The van der Waals surface area contributed by atoms with Crippen molar-refractivity contribution in [3.63, 3.8) is 0 Å². The van der Waals surface area contributed by atoms with E-state index in [0.717, 1.165) is 16.7 Å². The van der Waals surface area contributed by atoms with Gasteiger partial charge in [-0.05, 0) is 47.6 Å². The maximum absolute atomic E-state index is 11.6. The molecular weight excluding hydrogens is 332 g/mol. The molecule has 0 aliphatic carbocycles. The number of aromatic nitrogens is 1. The third kappa shape index (κ3) is 5.67. The zero-order chi connectivity index (χ0) is 19.1. The molecule has 138 valence electrons. The smallest absolute Gasteiger partial charge is 0.321 e. The molecule has 0 amide bonds. The highest BCUT2D eigenvalue weighted by atomic mass is 16.4. The summed E-state index contributed by atoms with van der Waals surface area (Å²) in [6.07, 6.45) is 4.02. The Morgan fingerprint density at radius 2 is 1.46 bits per heavy atom. The topological polar surface area (TPSA) is 99.5 Å². The van der Waals surface area contributed by atoms with Crippen LogP contribution in [0.25, 0.3) is 11.1 Å². The minimum atomic E-state index is -1.06. The molecule has 0 aliphatic rings. The molecule has 0 radical (unpaired) electrons. The molecule has 6 heteroatoms. The van der Waals surface area contributed by atoms with Crippen LogP contribution in [-0.2, 0) is 16.0 Å². The Balaban J connectivity index is 2.09. The van der Waals surface area contributed by atoms with Gasteiger partial charge in [-0.15, -0.1) is 0 Å². The molecule has 3 N–H and O–H groups in total. The van der Waals surface area contributed by atoms with E-state index in [9.17, 15) is 19.8 Å². The molecule has 0 saturated heterocycles. The number of carbonyl (C=O) groups is 2. The summed E-state index contributed by atoms with van der Waals surface area (Å²) in [5.74, 6) is -1.94. The summed E-state index contributed by atoms with van der Waals surface area (Å²) >= 11 is 0. The minimum absolute atomic E-state index is 0.151. The number of benzene rings is 1. The molecule has 2 aromatic rings. The van der Waals surface area contributed by atoms with Gasteiger partial charge < -0.3 is 10.2 Å². The molecule has 26 heavy (non-hydrogen) atoms. The van der Waals surface area contributed by atoms with Crippen LogP contribution in [0, 0.1) is 5.92 Å². The average molecular weight is 356 g/mol. The van der Waals surface area contributed by atoms with E-state index in [0.29, 0.717) is 6.42 Å². The summed E-state index contributed by atoms with van der Waals surface area (Å²) in [6, 6.07) is 9.55. The third-order valence-corrected chi connectivity index (χ3v) is 4.11. The number of nitrogens with one attached hydrogen (secondary N) is 1. The van der Waals surface area contributed by atoms with Crippen LogP contribution < -0.4 is 5.32 Å². The van der Waals surface area contributed by atoms with Crippen molar-refractivity contribution in [2.24, 2.45) is 5.92 Å². The molecule has 0 aliphatic heterocycles. The molecule has 1 aromatic carbocycles. The maximum atomic E-state index is 11.6. The van der Waals surface area contributed by atoms with E-state index in [-0.39, 0.29) is 12.3 Å². The maximum Gasteiger partial charge on any atom is 0.321 e. The fourth-order valence-electron chi connectivity index (χ4n) is 2.79. The van der Waals surface area contributed by atoms with Gasteiger partial charge in [0.15, 0.2) is 0 Å². The first-order valence-electron chi connectivity index (χ1n) is 8.57. The van der Waals surface area contributed by atoms with Crippen molar-refractivity contribution >= 4 is 11.9 Å². The van der Waals surface area contributed by atoms with Crippen molar-refractivity contribution in [3.8, 4) is 11.1 Å². The first-order valence-corrected chi connectivity index (χ1v) is 8.57. The standard InChI is InChI=1S/C20H24N2O4/c1-13(2)11-17(19(23)24)22-18(20(25)26)12-14-3-5-15(6-4-14)16-7-9-21-10-8-16/h3-10,13,17-18,22H,11-12H2,1-2H3,(H,23,24)(H,25,26)/t17-,18?/m0/s1. The second-order valence-corrected chi connectivity index (χ2v) is 6.71. The lowest BCUT2D eigenvalue weighted by atomic mass is 9.99. The van der Waals surface area contributed by atoms with Crippen LogP contribution >= 0.6 is 0 Å². The fourth-order valence-corrected chi connectivity index (χ4v) is 2.79. The summed E-state index contributed by atoms with van der Waals surface area (Å²) in [5.41, 5.74) is 2.87. The lowest BCUT2D eigenvalue weighted by molar-refractivity contribution is -0.142. The van der Waals surface area contributed by atoms with Crippen LogP contribution in [0.5, 0.6) is 0 Å². The Labute approximate surface area is 152 Å². The number of nitrogens with zero attached hydrogens (tertiary/aromatic N) is 1. The van der Waals surface area contributed by atoms with Gasteiger partial charge in [0.1, 0.15) is 12.1 Å². The summed E-state index contributed by atoms with van der Waals surface area (Å²) in [4.78, 5) is 26.9. The van der Waals surface area contributed by atoms with E-state index < -0.39 is 24.0 Å². The van der Waals surface area contributed by atoms with E-state index in [1.54, 1.807) is 12.4 Å². The van der Waals surface area contributed by atoms with E-state index >= 15 is 0 Å². The number of pyridine rings is 1. The highest BCUT2D eigenvalue weighted by Crippen LogP contribution is 2.19. The van der Waals surface area contributed by atoms with Crippen LogP contribution in [0.2, 0.25) is 0 Å². The van der Waals surface area contributed by atoms with Crippen LogP contribution in [0.3, 0.4) is 0 Å². The second kappa shape index (κ2) is 9.10. The molecule has 0 fully saturated rings. The van der Waals surface area contributed by atoms with Crippen LogP contribution in [0.4, 0.5) is 0 Å². The van der Waals surface area contributed by atoms with Gasteiger partial charge in [0.25, 0.3) is 0 Å². The van der Waals surface area contributed by atoms with Crippen LogP contribution in [0.1, 0.15) is 25.8 Å². The predicted octanol–water partition coefficient (Wildman–Crippen LogP) is 2.83. The molecule has 1 heterocycles. The lowest BCUT2D eigenvalue weighted by Gasteiger charge is -2.22. The normalized spacial score (nSPS) is 13.3. The Morgan fingerprint density at radius 3 is 1.96 bits per heavy atom. The number of carboxylic acids is 2. The zero-order valence-corrected chi connectivity index (χ0v) is 14.9. The van der Waals surface area contributed by atoms with E-state index in [4.69, 9.17) is 0 Å². The Morgan fingerprint density at radius 1 is 0.923 bits per heavy atom. The number of aliphatic carboxylic acids is 2. The number of rotatable bonds is 9. The average Bonchev–Trinajstić information content (AvgIpc) is 2.61. The first-order chi connectivity index (χ1) is 12.4. The van der Waals surface area contributed by atoms with Crippen molar-refractivity contribution in [2.45, 2.75) is 38.8 Å². The number of carboxylic acid groups (broad SMARTS) is 2. The molecular formula is C20H24N2O4. The zero-order valence-electron chi connectivity index (χ0n) is 14.9. The van der Waals surface area contributed by atoms with Gasteiger partial charge in [-0.2, -0.15) is 0 Å². The Kier molecular flexibility index (Phi) is 6.86. The van der Waals surface area contributed by atoms with Gasteiger partial charge in [-0.1, -0.05) is 38.1 Å². The molecule has 0 spiro atoms. The summed E-state index contributed by atoms with van der Waals surface area (Å²) < 4.78 is 0. The summed E-state index contributed by atoms with van der Waals surface area (Å²) in [5, 5.41) is 21.6. The van der Waals surface area contributed by atoms with Gasteiger partial charge in [-0.25, -0.2) is 0 Å². The molecule has 2 atom stereocenters. The van der Waals surface area contributed by atoms with E-state index in [2.05, 4.69) is 10.3 Å². The van der Waals surface area contributed by atoms with Crippen LogP contribution in [0.15, 0.2) is 48.8 Å². The quantitative estimate of drug-likeness (QED) is 0.639. The SMILES string of the molecule is CC(C)C[C@H](NC(Cc1ccc(-c2ccncc2)cc1)C(=O)O)C(=O)O. The number of hydrogen-bond acceptors (Lipinski definition) is 4. The summed E-state index contributed by atoms with van der Waals surface area (Å²) in [6.45, 7) is 3.82.